The summed E-state index contributed by atoms with van der Waals surface area (Å²) in [7, 11) is 0. The van der Waals surface area contributed by atoms with Crippen molar-refractivity contribution < 1.29 is 13.6 Å². The summed E-state index contributed by atoms with van der Waals surface area (Å²) in [6.07, 6.45) is 0.312. The standard InChI is InChI=1S/C15H11ClF2O/c16-15(19)14(6-10-4-2-1-3-5-10)11-7-12(17)9-13(18)8-11/h1-5,7-9,14H,6H2. The number of hydrogen-bond donors (Lipinski definition) is 0. The van der Waals surface area contributed by atoms with Crippen LogP contribution in [0, 0.1) is 11.6 Å². The van der Waals surface area contributed by atoms with Gasteiger partial charge in [-0.1, -0.05) is 30.3 Å². The fourth-order valence-corrected chi connectivity index (χ4v) is 2.16. The first kappa shape index (κ1) is 13.7. The zero-order valence-corrected chi connectivity index (χ0v) is 10.7. The SMILES string of the molecule is O=C(Cl)C(Cc1ccccc1)c1cc(F)cc(F)c1. The Morgan fingerprint density at radius 3 is 2.16 bits per heavy atom. The summed E-state index contributed by atoms with van der Waals surface area (Å²) in [5.41, 5.74) is 1.13. The minimum absolute atomic E-state index is 0.251. The van der Waals surface area contributed by atoms with Crippen molar-refractivity contribution in [2.45, 2.75) is 12.3 Å². The molecule has 0 saturated heterocycles. The number of carbonyl (C=O) groups is 1. The van der Waals surface area contributed by atoms with E-state index in [9.17, 15) is 13.6 Å². The highest BCUT2D eigenvalue weighted by Gasteiger charge is 2.20. The molecular formula is C15H11ClF2O. The lowest BCUT2D eigenvalue weighted by Crippen LogP contribution is -2.11. The molecule has 1 nitrogen and oxygen atoms in total. The number of rotatable bonds is 4. The maximum atomic E-state index is 13.2. The fraction of sp³-hybridized carbons (Fsp3) is 0.133. The van der Waals surface area contributed by atoms with Crippen LogP contribution < -0.4 is 0 Å². The Balaban J connectivity index is 2.32. The largest absolute Gasteiger partial charge is 0.281 e. The Bertz CT molecular complexity index is 564. The highest BCUT2D eigenvalue weighted by Crippen LogP contribution is 2.25. The van der Waals surface area contributed by atoms with Crippen molar-refractivity contribution in [2.24, 2.45) is 0 Å². The Morgan fingerprint density at radius 2 is 1.63 bits per heavy atom. The topological polar surface area (TPSA) is 17.1 Å². The van der Waals surface area contributed by atoms with Crippen LogP contribution in [0.25, 0.3) is 0 Å². The first-order valence-electron chi connectivity index (χ1n) is 5.75. The van der Waals surface area contributed by atoms with Crippen LogP contribution >= 0.6 is 11.6 Å². The lowest BCUT2D eigenvalue weighted by molar-refractivity contribution is -0.113. The molecular weight excluding hydrogens is 270 g/mol. The van der Waals surface area contributed by atoms with E-state index in [4.69, 9.17) is 11.6 Å². The Kier molecular flexibility index (Phi) is 4.27. The minimum Gasteiger partial charge on any atom is -0.281 e. The molecule has 98 valence electrons. The molecule has 0 saturated carbocycles. The smallest absolute Gasteiger partial charge is 0.229 e. The molecule has 2 aromatic carbocycles. The summed E-state index contributed by atoms with van der Waals surface area (Å²) in [6, 6.07) is 12.2. The van der Waals surface area contributed by atoms with Crippen LogP contribution in [-0.2, 0) is 11.2 Å². The number of hydrogen-bond acceptors (Lipinski definition) is 1. The van der Waals surface area contributed by atoms with Gasteiger partial charge in [-0.2, -0.15) is 0 Å². The van der Waals surface area contributed by atoms with E-state index >= 15 is 0 Å². The molecule has 0 aliphatic carbocycles. The average molecular weight is 281 g/mol. The molecule has 0 fully saturated rings. The normalized spacial score (nSPS) is 12.2. The summed E-state index contributed by atoms with van der Waals surface area (Å²) >= 11 is 5.55. The molecule has 19 heavy (non-hydrogen) atoms. The zero-order valence-electron chi connectivity index (χ0n) is 9.95. The second-order valence-corrected chi connectivity index (χ2v) is 4.62. The van der Waals surface area contributed by atoms with E-state index in [1.54, 1.807) is 0 Å². The van der Waals surface area contributed by atoms with Crippen molar-refractivity contribution in [3.05, 3.63) is 71.3 Å². The highest BCUT2D eigenvalue weighted by molar-refractivity contribution is 6.64. The van der Waals surface area contributed by atoms with Crippen LogP contribution in [0.4, 0.5) is 8.78 Å². The molecule has 0 aliphatic heterocycles. The van der Waals surface area contributed by atoms with Gasteiger partial charge in [0.25, 0.3) is 0 Å². The maximum absolute atomic E-state index is 13.2. The molecule has 4 heteroatoms. The van der Waals surface area contributed by atoms with E-state index < -0.39 is 22.8 Å². The van der Waals surface area contributed by atoms with Gasteiger partial charge in [0, 0.05) is 6.07 Å². The fourth-order valence-electron chi connectivity index (χ4n) is 1.96. The first-order chi connectivity index (χ1) is 9.06. The van der Waals surface area contributed by atoms with Crippen molar-refractivity contribution in [1.29, 1.82) is 0 Å². The summed E-state index contributed by atoms with van der Waals surface area (Å²) < 4.78 is 26.4. The quantitative estimate of drug-likeness (QED) is 0.772. The van der Waals surface area contributed by atoms with E-state index in [1.807, 2.05) is 30.3 Å². The molecule has 1 atom stereocenters. The van der Waals surface area contributed by atoms with E-state index in [1.165, 1.54) is 0 Å². The third kappa shape index (κ3) is 3.61. The minimum atomic E-state index is -0.755. The molecule has 2 aromatic rings. The molecule has 0 amide bonds. The van der Waals surface area contributed by atoms with E-state index in [2.05, 4.69) is 0 Å². The Morgan fingerprint density at radius 1 is 1.05 bits per heavy atom. The predicted octanol–water partition coefficient (Wildman–Crippen LogP) is 4.06. The maximum Gasteiger partial charge on any atom is 0.229 e. The van der Waals surface area contributed by atoms with E-state index in [-0.39, 0.29) is 5.56 Å². The predicted molar refractivity (Wildman–Crippen MR) is 70.1 cm³/mol. The van der Waals surface area contributed by atoms with Gasteiger partial charge in [0.05, 0.1) is 5.92 Å². The van der Waals surface area contributed by atoms with Gasteiger partial charge in [0.2, 0.25) is 5.24 Å². The molecule has 0 aromatic heterocycles. The number of carbonyl (C=O) groups excluding carboxylic acids is 1. The van der Waals surface area contributed by atoms with E-state index in [0.717, 1.165) is 23.8 Å². The number of benzene rings is 2. The van der Waals surface area contributed by atoms with Crippen molar-refractivity contribution in [3.8, 4) is 0 Å². The monoisotopic (exact) mass is 280 g/mol. The van der Waals surface area contributed by atoms with Crippen LogP contribution in [0.15, 0.2) is 48.5 Å². The first-order valence-corrected chi connectivity index (χ1v) is 6.13. The van der Waals surface area contributed by atoms with Crippen LogP contribution in [0.3, 0.4) is 0 Å². The third-order valence-electron chi connectivity index (χ3n) is 2.84. The summed E-state index contributed by atoms with van der Waals surface area (Å²) in [4.78, 5) is 11.5. The molecule has 0 spiro atoms. The van der Waals surface area contributed by atoms with Crippen LogP contribution in [0.5, 0.6) is 0 Å². The van der Waals surface area contributed by atoms with Crippen LogP contribution in [-0.4, -0.2) is 5.24 Å². The molecule has 2 rings (SSSR count). The molecule has 0 bridgehead atoms. The summed E-state index contributed by atoms with van der Waals surface area (Å²) in [5.74, 6) is -2.19. The zero-order chi connectivity index (χ0) is 13.8. The van der Waals surface area contributed by atoms with Crippen molar-refractivity contribution in [1.82, 2.24) is 0 Å². The Labute approximate surface area is 114 Å². The van der Waals surface area contributed by atoms with Gasteiger partial charge in [-0.05, 0) is 41.3 Å². The summed E-state index contributed by atoms with van der Waals surface area (Å²) in [5, 5.41) is -0.631. The van der Waals surface area contributed by atoms with Gasteiger partial charge in [0.15, 0.2) is 0 Å². The van der Waals surface area contributed by atoms with Crippen LogP contribution in [0.1, 0.15) is 17.0 Å². The molecule has 0 radical (unpaired) electrons. The lowest BCUT2D eigenvalue weighted by atomic mass is 9.93. The Hall–Kier alpha value is -1.74. The van der Waals surface area contributed by atoms with Gasteiger partial charge in [-0.25, -0.2) is 8.78 Å². The van der Waals surface area contributed by atoms with Gasteiger partial charge in [-0.3, -0.25) is 4.79 Å². The second kappa shape index (κ2) is 5.93. The van der Waals surface area contributed by atoms with Gasteiger partial charge >= 0.3 is 0 Å². The molecule has 1 unspecified atom stereocenters. The average Bonchev–Trinajstić information content (AvgIpc) is 2.35. The third-order valence-corrected chi connectivity index (χ3v) is 3.11. The highest BCUT2D eigenvalue weighted by atomic mass is 35.5. The van der Waals surface area contributed by atoms with Gasteiger partial charge < -0.3 is 0 Å². The molecule has 0 aliphatic rings. The van der Waals surface area contributed by atoms with Gasteiger partial charge in [0.1, 0.15) is 11.6 Å². The van der Waals surface area contributed by atoms with Crippen molar-refractivity contribution in [2.75, 3.05) is 0 Å². The van der Waals surface area contributed by atoms with Gasteiger partial charge in [-0.15, -0.1) is 0 Å². The second-order valence-electron chi connectivity index (χ2n) is 4.25. The lowest BCUT2D eigenvalue weighted by Gasteiger charge is -2.13. The van der Waals surface area contributed by atoms with Crippen molar-refractivity contribution in [3.63, 3.8) is 0 Å². The summed E-state index contributed by atoms with van der Waals surface area (Å²) in [6.45, 7) is 0. The van der Waals surface area contributed by atoms with Crippen LogP contribution in [0.2, 0.25) is 0 Å². The number of halogens is 3. The molecule has 0 heterocycles. The van der Waals surface area contributed by atoms with E-state index in [0.29, 0.717) is 6.42 Å². The van der Waals surface area contributed by atoms with Crippen molar-refractivity contribution >= 4 is 16.8 Å². The molecule has 0 N–H and O–H groups in total.